The van der Waals surface area contributed by atoms with Crippen molar-refractivity contribution in [3.8, 4) is 0 Å². The predicted molar refractivity (Wildman–Crippen MR) is 130 cm³/mol. The maximum atomic E-state index is 12.6. The van der Waals surface area contributed by atoms with Crippen molar-refractivity contribution in [2.75, 3.05) is 32.0 Å². The Morgan fingerprint density at radius 1 is 1.15 bits per heavy atom. The number of fused-ring (bicyclic) bond motifs is 1. The molecule has 1 fully saturated rings. The van der Waals surface area contributed by atoms with Crippen LogP contribution in [0.25, 0.3) is 10.9 Å². The second-order valence-corrected chi connectivity index (χ2v) is 9.03. The highest BCUT2D eigenvalue weighted by atomic mass is 16.3. The van der Waals surface area contributed by atoms with Gasteiger partial charge in [-0.2, -0.15) is 0 Å². The molecule has 0 aliphatic carbocycles. The van der Waals surface area contributed by atoms with E-state index in [-0.39, 0.29) is 23.8 Å². The zero-order chi connectivity index (χ0) is 24.2. The average Bonchev–Trinajstić information content (AvgIpc) is 3.37. The van der Waals surface area contributed by atoms with E-state index in [1.54, 1.807) is 19.2 Å². The maximum Gasteiger partial charge on any atom is 0.289 e. The molecule has 0 saturated carbocycles. The fourth-order valence-electron chi connectivity index (χ4n) is 4.30. The van der Waals surface area contributed by atoms with Crippen LogP contribution in [0.1, 0.15) is 37.2 Å². The number of hydrogen-bond acceptors (Lipinski definition) is 7. The van der Waals surface area contributed by atoms with Crippen LogP contribution in [0, 0.1) is 5.92 Å². The number of carbonyl (C=O) groups is 2. The van der Waals surface area contributed by atoms with E-state index >= 15 is 0 Å². The SMILES string of the molecule is CNC(=O)[C@@H](Nc1nc(CN2CCN(C(=O)c3ccco3)C[C@@H]2C)nc2ccccc12)C(C)C. The van der Waals surface area contributed by atoms with E-state index in [0.29, 0.717) is 43.6 Å². The minimum absolute atomic E-state index is 0.0785. The molecule has 2 atom stereocenters. The molecular formula is C25H32N6O3. The first-order chi connectivity index (χ1) is 16.4. The number of furan rings is 1. The number of aromatic nitrogens is 2. The molecule has 1 aromatic carbocycles. The number of para-hydroxylation sites is 1. The molecule has 1 saturated heterocycles. The molecule has 0 bridgehead atoms. The van der Waals surface area contributed by atoms with Gasteiger partial charge in [0.25, 0.3) is 5.91 Å². The number of anilines is 1. The summed E-state index contributed by atoms with van der Waals surface area (Å²) in [6.45, 7) is 8.57. The van der Waals surface area contributed by atoms with Crippen LogP contribution >= 0.6 is 0 Å². The van der Waals surface area contributed by atoms with Gasteiger partial charge in [0, 0.05) is 38.1 Å². The van der Waals surface area contributed by atoms with E-state index in [1.807, 2.05) is 43.0 Å². The largest absolute Gasteiger partial charge is 0.459 e. The Bertz CT molecular complexity index is 1150. The third-order valence-corrected chi connectivity index (χ3v) is 6.27. The van der Waals surface area contributed by atoms with E-state index in [2.05, 4.69) is 22.5 Å². The zero-order valence-corrected chi connectivity index (χ0v) is 20.1. The van der Waals surface area contributed by atoms with Crippen LogP contribution in [-0.4, -0.2) is 70.3 Å². The summed E-state index contributed by atoms with van der Waals surface area (Å²) in [4.78, 5) is 38.8. The van der Waals surface area contributed by atoms with Crippen LogP contribution in [0.3, 0.4) is 0 Å². The minimum atomic E-state index is -0.411. The van der Waals surface area contributed by atoms with Gasteiger partial charge in [-0.1, -0.05) is 26.0 Å². The van der Waals surface area contributed by atoms with Crippen molar-refractivity contribution >= 4 is 28.5 Å². The molecule has 0 unspecified atom stereocenters. The van der Waals surface area contributed by atoms with Crippen LogP contribution in [0.4, 0.5) is 5.82 Å². The van der Waals surface area contributed by atoms with E-state index in [4.69, 9.17) is 14.4 Å². The molecular weight excluding hydrogens is 432 g/mol. The summed E-state index contributed by atoms with van der Waals surface area (Å²) in [6.07, 6.45) is 1.52. The number of nitrogens with one attached hydrogen (secondary N) is 2. The van der Waals surface area contributed by atoms with Gasteiger partial charge in [-0.15, -0.1) is 0 Å². The monoisotopic (exact) mass is 464 g/mol. The van der Waals surface area contributed by atoms with Crippen molar-refractivity contribution in [2.24, 2.45) is 5.92 Å². The Morgan fingerprint density at radius 3 is 2.62 bits per heavy atom. The Kier molecular flexibility index (Phi) is 7.12. The van der Waals surface area contributed by atoms with Crippen LogP contribution < -0.4 is 10.6 Å². The fraction of sp³-hybridized carbons (Fsp3) is 0.440. The molecule has 2 N–H and O–H groups in total. The van der Waals surface area contributed by atoms with Crippen molar-refractivity contribution < 1.29 is 14.0 Å². The quantitative estimate of drug-likeness (QED) is 0.554. The van der Waals surface area contributed by atoms with Gasteiger partial charge in [-0.3, -0.25) is 14.5 Å². The van der Waals surface area contributed by atoms with Gasteiger partial charge in [-0.25, -0.2) is 9.97 Å². The molecule has 0 radical (unpaired) electrons. The van der Waals surface area contributed by atoms with Crippen molar-refractivity contribution in [1.29, 1.82) is 0 Å². The lowest BCUT2D eigenvalue weighted by atomic mass is 10.0. The van der Waals surface area contributed by atoms with E-state index in [9.17, 15) is 9.59 Å². The lowest BCUT2D eigenvalue weighted by Gasteiger charge is -2.39. The molecule has 4 rings (SSSR count). The smallest absolute Gasteiger partial charge is 0.289 e. The number of rotatable bonds is 7. The lowest BCUT2D eigenvalue weighted by Crippen LogP contribution is -2.53. The maximum absolute atomic E-state index is 12.6. The third kappa shape index (κ3) is 5.04. The zero-order valence-electron chi connectivity index (χ0n) is 20.1. The second kappa shape index (κ2) is 10.2. The molecule has 0 spiro atoms. The number of nitrogens with zero attached hydrogens (tertiary/aromatic N) is 4. The standard InChI is InChI=1S/C25H32N6O3/c1-16(2)22(24(32)26-4)29-23-18-8-5-6-9-19(18)27-21(28-23)15-30-11-12-31(14-17(30)3)25(33)20-10-7-13-34-20/h5-10,13,16-17,22H,11-12,14-15H2,1-4H3,(H,26,32)(H,27,28,29)/t17-,22-/m0/s1. The Hall–Kier alpha value is -3.46. The summed E-state index contributed by atoms with van der Waals surface area (Å²) in [5.41, 5.74) is 0.827. The fourth-order valence-corrected chi connectivity index (χ4v) is 4.30. The minimum Gasteiger partial charge on any atom is -0.459 e. The van der Waals surface area contributed by atoms with Gasteiger partial charge in [0.15, 0.2) is 5.76 Å². The number of hydrogen-bond donors (Lipinski definition) is 2. The van der Waals surface area contributed by atoms with Crippen LogP contribution in [0.2, 0.25) is 0 Å². The second-order valence-electron chi connectivity index (χ2n) is 9.03. The van der Waals surface area contributed by atoms with Gasteiger partial charge >= 0.3 is 0 Å². The van der Waals surface area contributed by atoms with Crippen molar-refractivity contribution in [3.63, 3.8) is 0 Å². The van der Waals surface area contributed by atoms with Crippen LogP contribution in [0.5, 0.6) is 0 Å². The molecule has 34 heavy (non-hydrogen) atoms. The molecule has 2 amide bonds. The van der Waals surface area contributed by atoms with Gasteiger partial charge in [0.05, 0.1) is 18.3 Å². The summed E-state index contributed by atoms with van der Waals surface area (Å²) in [5, 5.41) is 6.96. The number of likely N-dealkylation sites (N-methyl/N-ethyl adjacent to an activating group) is 1. The molecule has 9 nitrogen and oxygen atoms in total. The van der Waals surface area contributed by atoms with Gasteiger partial charge < -0.3 is 20.0 Å². The van der Waals surface area contributed by atoms with Gasteiger partial charge in [0.2, 0.25) is 5.91 Å². The summed E-state index contributed by atoms with van der Waals surface area (Å²) in [6, 6.07) is 11.0. The third-order valence-electron chi connectivity index (χ3n) is 6.27. The van der Waals surface area contributed by atoms with Gasteiger partial charge in [0.1, 0.15) is 17.7 Å². The predicted octanol–water partition coefficient (Wildman–Crippen LogP) is 2.75. The summed E-state index contributed by atoms with van der Waals surface area (Å²) < 4.78 is 5.27. The first-order valence-corrected chi connectivity index (χ1v) is 11.7. The summed E-state index contributed by atoms with van der Waals surface area (Å²) in [7, 11) is 1.64. The van der Waals surface area contributed by atoms with E-state index in [1.165, 1.54) is 6.26 Å². The first-order valence-electron chi connectivity index (χ1n) is 11.7. The van der Waals surface area contributed by atoms with Crippen molar-refractivity contribution in [2.45, 2.75) is 39.4 Å². The number of piperazine rings is 1. The normalized spacial score (nSPS) is 17.7. The highest BCUT2D eigenvalue weighted by Gasteiger charge is 2.29. The summed E-state index contributed by atoms with van der Waals surface area (Å²) >= 11 is 0. The highest BCUT2D eigenvalue weighted by Crippen LogP contribution is 2.24. The molecule has 3 heterocycles. The summed E-state index contributed by atoms with van der Waals surface area (Å²) in [5.74, 6) is 1.62. The van der Waals surface area contributed by atoms with Crippen molar-refractivity contribution in [1.82, 2.24) is 25.1 Å². The molecule has 1 aliphatic heterocycles. The molecule has 180 valence electrons. The van der Waals surface area contributed by atoms with Crippen molar-refractivity contribution in [3.05, 3.63) is 54.2 Å². The Morgan fingerprint density at radius 2 is 1.94 bits per heavy atom. The topological polar surface area (TPSA) is 104 Å². The van der Waals surface area contributed by atoms with E-state index < -0.39 is 6.04 Å². The van der Waals surface area contributed by atoms with Crippen LogP contribution in [-0.2, 0) is 11.3 Å². The number of benzene rings is 1. The highest BCUT2D eigenvalue weighted by molar-refractivity contribution is 5.92. The molecule has 2 aromatic heterocycles. The number of carbonyl (C=O) groups excluding carboxylic acids is 2. The Balaban J connectivity index is 1.53. The first kappa shape index (κ1) is 23.7. The molecule has 9 heteroatoms. The number of amides is 2. The van der Waals surface area contributed by atoms with E-state index in [0.717, 1.165) is 10.9 Å². The average molecular weight is 465 g/mol. The molecule has 1 aliphatic rings. The van der Waals surface area contributed by atoms with Crippen LogP contribution in [0.15, 0.2) is 47.1 Å². The Labute approximate surface area is 199 Å². The van der Waals surface area contributed by atoms with Gasteiger partial charge in [-0.05, 0) is 37.1 Å². The molecule has 3 aromatic rings. The lowest BCUT2D eigenvalue weighted by molar-refractivity contribution is -0.122.